The molecular formula is C24H37ClO5. The third kappa shape index (κ3) is 9.48. The summed E-state index contributed by atoms with van der Waals surface area (Å²) in [7, 11) is 0. The Kier molecular flexibility index (Phi) is 10.9. The van der Waals surface area contributed by atoms with Gasteiger partial charge in [0.1, 0.15) is 12.7 Å². The maximum atomic E-state index is 11.8. The first kappa shape index (κ1) is 26.4. The second-order valence-electron chi connectivity index (χ2n) is 8.59. The number of aliphatic hydroxyl groups is 1. The molecule has 0 heterocycles. The Hall–Kier alpha value is -1.59. The summed E-state index contributed by atoms with van der Waals surface area (Å²) in [5.74, 6) is -0.828. The van der Waals surface area contributed by atoms with E-state index in [-0.39, 0.29) is 24.5 Å². The lowest BCUT2D eigenvalue weighted by Gasteiger charge is -2.29. The highest BCUT2D eigenvalue weighted by Gasteiger charge is 2.30. The number of ether oxygens (including phenoxy) is 2. The van der Waals surface area contributed by atoms with E-state index in [1.54, 1.807) is 0 Å². The fourth-order valence-corrected chi connectivity index (χ4v) is 3.84. The predicted octanol–water partition coefficient (Wildman–Crippen LogP) is 5.26. The van der Waals surface area contributed by atoms with Crippen molar-refractivity contribution in [3.05, 3.63) is 35.5 Å². The molecule has 1 unspecified atom stereocenters. The van der Waals surface area contributed by atoms with Gasteiger partial charge in [0.15, 0.2) is 0 Å². The van der Waals surface area contributed by atoms with Gasteiger partial charge in [0.25, 0.3) is 0 Å². The first-order valence-corrected chi connectivity index (χ1v) is 11.0. The quantitative estimate of drug-likeness (QED) is 0.366. The highest BCUT2D eigenvalue weighted by Crippen LogP contribution is 2.32. The number of esters is 2. The number of alkyl halides is 1. The van der Waals surface area contributed by atoms with Crippen LogP contribution < -0.4 is 0 Å². The van der Waals surface area contributed by atoms with Crippen molar-refractivity contribution in [1.82, 2.24) is 0 Å². The molecule has 1 aliphatic rings. The van der Waals surface area contributed by atoms with Gasteiger partial charge in [-0.3, -0.25) is 9.59 Å². The highest BCUT2D eigenvalue weighted by molar-refractivity contribution is 6.24. The van der Waals surface area contributed by atoms with Crippen molar-refractivity contribution in [3.8, 4) is 0 Å². The minimum Gasteiger partial charge on any atom is -0.461 e. The van der Waals surface area contributed by atoms with E-state index in [0.29, 0.717) is 19.3 Å². The zero-order valence-electron chi connectivity index (χ0n) is 19.0. The van der Waals surface area contributed by atoms with Crippen LogP contribution in [0.5, 0.6) is 0 Å². The number of halogens is 1. The molecule has 0 fully saturated rings. The lowest BCUT2D eigenvalue weighted by molar-refractivity contribution is -0.146. The van der Waals surface area contributed by atoms with Crippen molar-refractivity contribution >= 4 is 23.5 Å². The molecule has 4 atom stereocenters. The van der Waals surface area contributed by atoms with Gasteiger partial charge in [-0.1, -0.05) is 23.8 Å². The molecule has 0 saturated carbocycles. The van der Waals surface area contributed by atoms with Crippen LogP contribution in [0.4, 0.5) is 0 Å². The molecule has 1 rings (SSSR count). The maximum Gasteiger partial charge on any atom is 0.303 e. The molecule has 1 N–H and O–H groups in total. The smallest absolute Gasteiger partial charge is 0.303 e. The van der Waals surface area contributed by atoms with Crippen molar-refractivity contribution in [2.24, 2.45) is 5.92 Å². The first-order valence-electron chi connectivity index (χ1n) is 10.6. The Morgan fingerprint density at radius 3 is 2.47 bits per heavy atom. The van der Waals surface area contributed by atoms with E-state index >= 15 is 0 Å². The Balaban J connectivity index is 3.31. The molecule has 0 aliphatic heterocycles. The Labute approximate surface area is 186 Å². The van der Waals surface area contributed by atoms with Crippen LogP contribution in [0.2, 0.25) is 0 Å². The summed E-state index contributed by atoms with van der Waals surface area (Å²) in [6.07, 6.45) is 6.75. The molecule has 0 amide bonds. The summed E-state index contributed by atoms with van der Waals surface area (Å²) in [4.78, 5) is 22.4. The van der Waals surface area contributed by atoms with E-state index in [0.717, 1.165) is 30.4 Å². The average molecular weight is 441 g/mol. The molecular weight excluding hydrogens is 404 g/mol. The molecule has 0 radical (unpaired) electrons. The highest BCUT2D eigenvalue weighted by atomic mass is 35.5. The van der Waals surface area contributed by atoms with Crippen molar-refractivity contribution in [3.63, 3.8) is 0 Å². The average Bonchev–Trinajstić information content (AvgIpc) is 2.61. The second kappa shape index (κ2) is 12.3. The fraction of sp³-hybridized carbons (Fsp3) is 0.667. The zero-order valence-corrected chi connectivity index (χ0v) is 19.8. The van der Waals surface area contributed by atoms with Gasteiger partial charge < -0.3 is 14.6 Å². The number of carbonyl (C=O) groups is 2. The summed E-state index contributed by atoms with van der Waals surface area (Å²) >= 11 is 6.61. The number of carbonyl (C=O) groups excluding carboxylic acids is 2. The number of rotatable bonds is 4. The lowest BCUT2D eigenvalue weighted by atomic mass is 9.86. The van der Waals surface area contributed by atoms with Gasteiger partial charge in [-0.05, 0) is 70.9 Å². The molecule has 0 aromatic carbocycles. The van der Waals surface area contributed by atoms with E-state index in [1.807, 2.05) is 19.9 Å². The van der Waals surface area contributed by atoms with Crippen LogP contribution in [-0.2, 0) is 19.1 Å². The number of allylic oxidation sites excluding steroid dienone is 2. The van der Waals surface area contributed by atoms with Crippen LogP contribution in [0.15, 0.2) is 35.5 Å². The molecule has 6 heteroatoms. The van der Waals surface area contributed by atoms with E-state index in [9.17, 15) is 14.7 Å². The summed E-state index contributed by atoms with van der Waals surface area (Å²) < 4.78 is 10.9. The van der Waals surface area contributed by atoms with E-state index < -0.39 is 17.1 Å². The van der Waals surface area contributed by atoms with E-state index in [2.05, 4.69) is 19.6 Å². The number of hydrogen-bond donors (Lipinski definition) is 1. The van der Waals surface area contributed by atoms with E-state index in [4.69, 9.17) is 21.1 Å². The summed E-state index contributed by atoms with van der Waals surface area (Å²) in [5.41, 5.74) is 2.95. The zero-order chi connectivity index (χ0) is 22.9. The molecule has 1 aliphatic carbocycles. The summed E-state index contributed by atoms with van der Waals surface area (Å²) in [6.45, 7) is 12.8. The third-order valence-corrected chi connectivity index (χ3v) is 6.04. The predicted molar refractivity (Wildman–Crippen MR) is 120 cm³/mol. The van der Waals surface area contributed by atoms with Crippen LogP contribution in [0.1, 0.15) is 73.1 Å². The van der Waals surface area contributed by atoms with Gasteiger partial charge in [0.05, 0.1) is 11.0 Å². The standard InChI is InChI=1S/C24H37ClO5/c1-16(2)21-11-9-17(3)8-7-13-24(6,25)23(28)12-10-20(15-29-18(4)26)14-22(21)30-19(5)27/h8,14,21-23,28H,1,7,9-13,15H2,2-6H3/b17-8+,20-14+/t21-,22?,23-,24-/m1/s1. The number of aliphatic hydroxyl groups excluding tert-OH is 1. The molecule has 0 aromatic heterocycles. The molecule has 0 saturated heterocycles. The molecule has 170 valence electrons. The minimum atomic E-state index is -0.747. The second-order valence-corrected chi connectivity index (χ2v) is 9.46. The van der Waals surface area contributed by atoms with Crippen LogP contribution in [0, 0.1) is 5.92 Å². The molecule has 0 spiro atoms. The third-order valence-electron chi connectivity index (χ3n) is 5.60. The Morgan fingerprint density at radius 1 is 1.23 bits per heavy atom. The van der Waals surface area contributed by atoms with Gasteiger partial charge in [0.2, 0.25) is 0 Å². The van der Waals surface area contributed by atoms with Crippen LogP contribution in [0.3, 0.4) is 0 Å². The largest absolute Gasteiger partial charge is 0.461 e. The van der Waals surface area contributed by atoms with Crippen molar-refractivity contribution in [2.45, 2.75) is 90.2 Å². The monoisotopic (exact) mass is 440 g/mol. The topological polar surface area (TPSA) is 72.8 Å². The maximum absolute atomic E-state index is 11.8. The van der Waals surface area contributed by atoms with Gasteiger partial charge in [-0.25, -0.2) is 0 Å². The van der Waals surface area contributed by atoms with Gasteiger partial charge in [0, 0.05) is 19.8 Å². The first-order chi connectivity index (χ1) is 13.9. The Bertz CT molecular complexity index is 677. The number of hydrogen-bond acceptors (Lipinski definition) is 5. The summed E-state index contributed by atoms with van der Waals surface area (Å²) in [6, 6.07) is 0. The van der Waals surface area contributed by atoms with Crippen LogP contribution in [0.25, 0.3) is 0 Å². The van der Waals surface area contributed by atoms with Crippen molar-refractivity contribution < 1.29 is 24.2 Å². The normalized spacial score (nSPS) is 32.6. The SMILES string of the molecule is C=C(C)[C@H]1CC/C(C)=C/CC[C@@](C)(Cl)[C@H](O)CC/C(COC(C)=O)=C\C1OC(C)=O. The molecule has 0 aromatic rings. The Morgan fingerprint density at radius 2 is 1.90 bits per heavy atom. The molecule has 0 bridgehead atoms. The minimum absolute atomic E-state index is 0.0595. The van der Waals surface area contributed by atoms with Crippen LogP contribution in [-0.4, -0.2) is 40.7 Å². The van der Waals surface area contributed by atoms with Gasteiger partial charge >= 0.3 is 11.9 Å². The summed E-state index contributed by atoms with van der Waals surface area (Å²) in [5, 5.41) is 10.7. The molecule has 30 heavy (non-hydrogen) atoms. The van der Waals surface area contributed by atoms with Crippen LogP contribution >= 0.6 is 11.6 Å². The van der Waals surface area contributed by atoms with Gasteiger partial charge in [-0.15, -0.1) is 11.6 Å². The fourth-order valence-electron chi connectivity index (χ4n) is 3.62. The van der Waals surface area contributed by atoms with Crippen molar-refractivity contribution in [2.75, 3.05) is 6.61 Å². The molecule has 5 nitrogen and oxygen atoms in total. The van der Waals surface area contributed by atoms with E-state index in [1.165, 1.54) is 19.4 Å². The van der Waals surface area contributed by atoms with Crippen molar-refractivity contribution in [1.29, 1.82) is 0 Å². The van der Waals surface area contributed by atoms with Gasteiger partial charge in [-0.2, -0.15) is 0 Å². The lowest BCUT2D eigenvalue weighted by Crippen LogP contribution is -2.34.